The SMILES string of the molecule is CN=C(NCc1ccnc(N2CCCCCC2)c1)NC1CCN(Cc2ccccc2C)CC1.I. The lowest BCUT2D eigenvalue weighted by atomic mass is 10.0. The molecule has 2 saturated heterocycles. The molecule has 6 nitrogen and oxygen atoms in total. The fraction of sp³-hybridized carbons (Fsp3) is 0.556. The first-order valence-electron chi connectivity index (χ1n) is 12.6. The molecule has 3 heterocycles. The zero-order chi connectivity index (χ0) is 22.9. The minimum atomic E-state index is 0. The molecule has 0 saturated carbocycles. The van der Waals surface area contributed by atoms with Crippen molar-refractivity contribution in [1.29, 1.82) is 0 Å². The van der Waals surface area contributed by atoms with E-state index in [1.54, 1.807) is 0 Å². The fourth-order valence-corrected chi connectivity index (χ4v) is 4.88. The smallest absolute Gasteiger partial charge is 0.191 e. The van der Waals surface area contributed by atoms with Gasteiger partial charge in [-0.1, -0.05) is 37.1 Å². The van der Waals surface area contributed by atoms with Crippen LogP contribution in [0, 0.1) is 6.92 Å². The molecule has 0 aliphatic carbocycles. The number of likely N-dealkylation sites (tertiary alicyclic amines) is 1. The highest BCUT2D eigenvalue weighted by Crippen LogP contribution is 2.19. The number of aryl methyl sites for hydroxylation is 1. The van der Waals surface area contributed by atoms with Crippen LogP contribution >= 0.6 is 24.0 Å². The first-order valence-corrected chi connectivity index (χ1v) is 12.6. The third-order valence-corrected chi connectivity index (χ3v) is 7.01. The number of pyridine rings is 1. The van der Waals surface area contributed by atoms with E-state index in [2.05, 4.69) is 73.7 Å². The minimum Gasteiger partial charge on any atom is -0.357 e. The van der Waals surface area contributed by atoms with Gasteiger partial charge in [0.2, 0.25) is 0 Å². The van der Waals surface area contributed by atoms with Crippen LogP contribution in [0.4, 0.5) is 5.82 Å². The second kappa shape index (κ2) is 13.9. The summed E-state index contributed by atoms with van der Waals surface area (Å²) < 4.78 is 0. The van der Waals surface area contributed by atoms with Gasteiger partial charge in [0.05, 0.1) is 0 Å². The Kier molecular flexibility index (Phi) is 10.9. The molecule has 0 spiro atoms. The lowest BCUT2D eigenvalue weighted by Crippen LogP contribution is -2.48. The second-order valence-electron chi connectivity index (χ2n) is 9.47. The Labute approximate surface area is 222 Å². The van der Waals surface area contributed by atoms with E-state index in [1.807, 2.05) is 13.2 Å². The van der Waals surface area contributed by atoms with Crippen molar-refractivity contribution in [3.8, 4) is 0 Å². The number of aromatic nitrogens is 1. The Bertz CT molecular complexity index is 901. The highest BCUT2D eigenvalue weighted by molar-refractivity contribution is 14.0. The largest absolute Gasteiger partial charge is 0.357 e. The van der Waals surface area contributed by atoms with Crippen molar-refractivity contribution in [3.05, 3.63) is 59.3 Å². The van der Waals surface area contributed by atoms with Gasteiger partial charge < -0.3 is 15.5 Å². The quantitative estimate of drug-likeness (QED) is 0.296. The van der Waals surface area contributed by atoms with E-state index in [-0.39, 0.29) is 24.0 Å². The molecule has 2 fully saturated rings. The maximum absolute atomic E-state index is 4.64. The van der Waals surface area contributed by atoms with Crippen LogP contribution in [0.15, 0.2) is 47.6 Å². The molecule has 186 valence electrons. The maximum atomic E-state index is 4.64. The third kappa shape index (κ3) is 7.83. The van der Waals surface area contributed by atoms with Gasteiger partial charge in [-0.3, -0.25) is 9.89 Å². The van der Waals surface area contributed by atoms with Crippen LogP contribution in [0.5, 0.6) is 0 Å². The summed E-state index contributed by atoms with van der Waals surface area (Å²) in [5.74, 6) is 2.00. The molecule has 1 aromatic heterocycles. The van der Waals surface area contributed by atoms with Crippen molar-refractivity contribution < 1.29 is 0 Å². The number of anilines is 1. The number of piperidine rings is 1. The number of nitrogens with one attached hydrogen (secondary N) is 2. The molecule has 0 atom stereocenters. The molecule has 0 unspecified atom stereocenters. The molecule has 2 N–H and O–H groups in total. The van der Waals surface area contributed by atoms with Gasteiger partial charge >= 0.3 is 0 Å². The zero-order valence-electron chi connectivity index (χ0n) is 20.8. The van der Waals surface area contributed by atoms with Crippen LogP contribution < -0.4 is 15.5 Å². The first kappa shape index (κ1) is 26.7. The molecule has 2 aromatic rings. The van der Waals surface area contributed by atoms with Crippen LogP contribution in [0.2, 0.25) is 0 Å². The minimum absolute atomic E-state index is 0. The summed E-state index contributed by atoms with van der Waals surface area (Å²) in [5.41, 5.74) is 4.08. The summed E-state index contributed by atoms with van der Waals surface area (Å²) in [5, 5.41) is 7.16. The summed E-state index contributed by atoms with van der Waals surface area (Å²) in [6, 6.07) is 13.5. The second-order valence-corrected chi connectivity index (χ2v) is 9.47. The zero-order valence-corrected chi connectivity index (χ0v) is 23.1. The van der Waals surface area contributed by atoms with Crippen LogP contribution in [0.1, 0.15) is 55.2 Å². The van der Waals surface area contributed by atoms with E-state index in [0.29, 0.717) is 6.04 Å². The topological polar surface area (TPSA) is 55.8 Å². The van der Waals surface area contributed by atoms with Crippen molar-refractivity contribution in [2.75, 3.05) is 38.1 Å². The molecule has 4 rings (SSSR count). The van der Waals surface area contributed by atoms with Gasteiger partial charge in [-0.15, -0.1) is 24.0 Å². The Morgan fingerprint density at radius 2 is 1.76 bits per heavy atom. The predicted molar refractivity (Wildman–Crippen MR) is 153 cm³/mol. The van der Waals surface area contributed by atoms with Crippen molar-refractivity contribution in [2.45, 2.75) is 64.6 Å². The Balaban J connectivity index is 0.00000324. The first-order chi connectivity index (χ1) is 16.2. The normalized spacial score (nSPS) is 18.2. The average molecular weight is 577 g/mol. The Morgan fingerprint density at radius 3 is 2.47 bits per heavy atom. The number of rotatable bonds is 6. The number of aliphatic imine (C=N–C) groups is 1. The summed E-state index contributed by atoms with van der Waals surface area (Å²) in [4.78, 5) is 14.1. The summed E-state index contributed by atoms with van der Waals surface area (Å²) in [7, 11) is 1.86. The predicted octanol–water partition coefficient (Wildman–Crippen LogP) is 4.72. The maximum Gasteiger partial charge on any atom is 0.191 e. The van der Waals surface area contributed by atoms with Crippen molar-refractivity contribution >= 4 is 35.8 Å². The van der Waals surface area contributed by atoms with Gasteiger partial charge in [-0.2, -0.15) is 0 Å². The van der Waals surface area contributed by atoms with Crippen LogP contribution in [0.3, 0.4) is 0 Å². The van der Waals surface area contributed by atoms with Crippen molar-refractivity contribution in [3.63, 3.8) is 0 Å². The fourth-order valence-electron chi connectivity index (χ4n) is 4.88. The van der Waals surface area contributed by atoms with E-state index in [4.69, 9.17) is 0 Å². The molecule has 2 aliphatic rings. The number of halogens is 1. The average Bonchev–Trinajstić information content (AvgIpc) is 3.14. The number of hydrogen-bond donors (Lipinski definition) is 2. The van der Waals surface area contributed by atoms with E-state index in [1.165, 1.54) is 42.4 Å². The van der Waals surface area contributed by atoms with E-state index in [0.717, 1.165) is 63.9 Å². The number of guanidine groups is 1. The van der Waals surface area contributed by atoms with Gasteiger partial charge in [0.25, 0.3) is 0 Å². The third-order valence-electron chi connectivity index (χ3n) is 7.01. The molecule has 0 radical (unpaired) electrons. The molecule has 1 aromatic carbocycles. The molecule has 2 aliphatic heterocycles. The Morgan fingerprint density at radius 1 is 1.03 bits per heavy atom. The number of nitrogens with zero attached hydrogens (tertiary/aromatic N) is 4. The van der Waals surface area contributed by atoms with Crippen molar-refractivity contribution in [1.82, 2.24) is 20.5 Å². The van der Waals surface area contributed by atoms with E-state index in [9.17, 15) is 0 Å². The van der Waals surface area contributed by atoms with Crippen molar-refractivity contribution in [2.24, 2.45) is 4.99 Å². The standard InChI is InChI=1S/C27H40N6.HI/c1-22-9-5-6-10-24(22)21-32-17-12-25(13-18-32)31-27(28-2)30-20-23-11-14-29-26(19-23)33-15-7-3-4-8-16-33;/h5-6,9-11,14,19,25H,3-4,7-8,12-13,15-18,20-21H2,1-2H3,(H2,28,30,31);1H. The number of hydrogen-bond acceptors (Lipinski definition) is 4. The molecular weight excluding hydrogens is 535 g/mol. The highest BCUT2D eigenvalue weighted by Gasteiger charge is 2.20. The van der Waals surface area contributed by atoms with Crippen LogP contribution in [-0.4, -0.2) is 55.1 Å². The summed E-state index contributed by atoms with van der Waals surface area (Å²) >= 11 is 0. The monoisotopic (exact) mass is 576 g/mol. The lowest BCUT2D eigenvalue weighted by molar-refractivity contribution is 0.198. The van der Waals surface area contributed by atoms with Gasteiger partial charge in [-0.25, -0.2) is 4.98 Å². The molecule has 34 heavy (non-hydrogen) atoms. The lowest BCUT2D eigenvalue weighted by Gasteiger charge is -2.33. The highest BCUT2D eigenvalue weighted by atomic mass is 127. The summed E-state index contributed by atoms with van der Waals surface area (Å²) in [6.45, 7) is 8.49. The molecule has 0 bridgehead atoms. The van der Waals surface area contributed by atoms with Gasteiger partial charge in [0.15, 0.2) is 5.96 Å². The van der Waals surface area contributed by atoms with E-state index < -0.39 is 0 Å². The van der Waals surface area contributed by atoms with Gasteiger partial charge in [-0.05, 0) is 61.4 Å². The molecule has 7 heteroatoms. The van der Waals surface area contributed by atoms with E-state index >= 15 is 0 Å². The number of benzene rings is 1. The molecule has 0 amide bonds. The molecular formula is C27H41IN6. The van der Waals surface area contributed by atoms with Gasteiger partial charge in [0, 0.05) is 58.6 Å². The summed E-state index contributed by atoms with van der Waals surface area (Å²) in [6.07, 6.45) is 9.43. The van der Waals surface area contributed by atoms with Crippen LogP contribution in [-0.2, 0) is 13.1 Å². The Hall–Kier alpha value is -1.87. The van der Waals surface area contributed by atoms with Crippen LogP contribution in [0.25, 0.3) is 0 Å². The van der Waals surface area contributed by atoms with Gasteiger partial charge in [0.1, 0.15) is 5.82 Å².